The van der Waals surface area contributed by atoms with Gasteiger partial charge in [0.05, 0.1) is 24.4 Å². The summed E-state index contributed by atoms with van der Waals surface area (Å²) in [5, 5.41) is 5.01. The first kappa shape index (κ1) is 19.0. The van der Waals surface area contributed by atoms with Gasteiger partial charge in [0.1, 0.15) is 17.6 Å². The molecule has 11 heteroatoms. The summed E-state index contributed by atoms with van der Waals surface area (Å²) in [6.07, 6.45) is -1.64. The van der Waals surface area contributed by atoms with E-state index in [4.69, 9.17) is 9.88 Å². The van der Waals surface area contributed by atoms with E-state index in [-0.39, 0.29) is 22.1 Å². The summed E-state index contributed by atoms with van der Waals surface area (Å²) >= 11 is 0. The Morgan fingerprint density at radius 3 is 2.26 bits per heavy atom. The molecule has 0 saturated heterocycles. The molecule has 3 rings (SSSR count). The summed E-state index contributed by atoms with van der Waals surface area (Å²) in [5.41, 5.74) is -0.270. The summed E-state index contributed by atoms with van der Waals surface area (Å²) in [4.78, 5) is 7.57. The molecule has 1 unspecified atom stereocenters. The summed E-state index contributed by atoms with van der Waals surface area (Å²) in [6, 6.07) is 6.95. The minimum absolute atomic E-state index is 0.00588. The number of aliphatic imine (C=N–C) groups is 1. The van der Waals surface area contributed by atoms with E-state index in [1.165, 1.54) is 25.4 Å². The van der Waals surface area contributed by atoms with Gasteiger partial charge in [0.15, 0.2) is 5.69 Å². The van der Waals surface area contributed by atoms with E-state index in [0.717, 1.165) is 36.7 Å². The zero-order valence-corrected chi connectivity index (χ0v) is 14.7. The van der Waals surface area contributed by atoms with E-state index >= 15 is 0 Å². The number of hydrogen-bond acceptors (Lipinski definition) is 5. The molecule has 2 aromatic rings. The molecule has 0 spiro atoms. The molecule has 1 aliphatic rings. The van der Waals surface area contributed by atoms with Crippen molar-refractivity contribution in [3.63, 3.8) is 0 Å². The smallest absolute Gasteiger partial charge is 0.495 e. The van der Waals surface area contributed by atoms with Crippen LogP contribution in [0.25, 0.3) is 0 Å². The van der Waals surface area contributed by atoms with Gasteiger partial charge in [-0.25, -0.2) is 18.5 Å². The van der Waals surface area contributed by atoms with Gasteiger partial charge in [0.25, 0.3) is 5.84 Å². The van der Waals surface area contributed by atoms with Crippen LogP contribution in [0.2, 0.25) is 0 Å². The Bertz CT molecular complexity index is 1020. The molecule has 0 aliphatic carbocycles. The van der Waals surface area contributed by atoms with Gasteiger partial charge >= 0.3 is 6.30 Å². The Hall–Kier alpha value is -2.76. The van der Waals surface area contributed by atoms with Gasteiger partial charge in [-0.15, -0.1) is 17.7 Å². The van der Waals surface area contributed by atoms with E-state index in [2.05, 4.69) is 9.98 Å². The highest BCUT2D eigenvalue weighted by Crippen LogP contribution is 2.42. The molecule has 1 aromatic heterocycles. The number of amidine groups is 1. The predicted molar refractivity (Wildman–Crippen MR) is 92.1 cm³/mol. The topological polar surface area (TPSA) is 94.6 Å². The number of sulfonamides is 1. The molecule has 7 nitrogen and oxygen atoms in total. The third kappa shape index (κ3) is 3.20. The Morgan fingerprint density at radius 2 is 1.78 bits per heavy atom. The number of nitrogens with two attached hydrogens (primary N) is 1. The molecule has 0 amide bonds. The van der Waals surface area contributed by atoms with Crippen molar-refractivity contribution in [3.8, 4) is 5.75 Å². The molecule has 0 saturated carbocycles. The van der Waals surface area contributed by atoms with Crippen molar-refractivity contribution in [2.45, 2.75) is 11.2 Å². The van der Waals surface area contributed by atoms with Crippen LogP contribution in [0.15, 0.2) is 64.9 Å². The molecule has 1 aliphatic heterocycles. The fourth-order valence-electron chi connectivity index (χ4n) is 2.68. The molecule has 2 heterocycles. The van der Waals surface area contributed by atoms with Gasteiger partial charge in [-0.2, -0.15) is 4.99 Å². The number of ether oxygens (including phenoxy) is 1. The van der Waals surface area contributed by atoms with Crippen molar-refractivity contribution < 1.29 is 26.3 Å². The van der Waals surface area contributed by atoms with E-state index in [9.17, 15) is 21.6 Å². The van der Waals surface area contributed by atoms with Crippen molar-refractivity contribution in [2.75, 3.05) is 7.11 Å². The molecule has 1 aromatic carbocycles. The van der Waals surface area contributed by atoms with Crippen LogP contribution in [-0.2, 0) is 10.0 Å². The van der Waals surface area contributed by atoms with Crippen LogP contribution in [0.3, 0.4) is 0 Å². The number of methoxy groups -OCH3 is 1. The highest BCUT2D eigenvalue weighted by Gasteiger charge is 2.62. The number of pyridine rings is 1. The summed E-state index contributed by atoms with van der Waals surface area (Å²) in [6.45, 7) is 0. The number of halogens is 3. The van der Waals surface area contributed by atoms with E-state index < -0.39 is 20.8 Å². The first-order chi connectivity index (χ1) is 12.6. The highest BCUT2D eigenvalue weighted by molar-refractivity contribution is 7.89. The molecule has 0 fully saturated rings. The van der Waals surface area contributed by atoms with E-state index in [1.54, 1.807) is 0 Å². The van der Waals surface area contributed by atoms with Crippen molar-refractivity contribution in [3.05, 3.63) is 60.7 Å². The maximum Gasteiger partial charge on any atom is 0.576 e. The quantitative estimate of drug-likeness (QED) is 0.631. The standard InChI is InChI=1S/C16H14F3N4O3S/c1-26-12-4-7-14(22-10-12)15-21-8-9-23(15,16(17,18)19)11-2-5-13(6-3-11)27(20,24)25/h2-10H,1H3,(H2,20,24,25)/q+1. The number of primary sulfonamides is 1. The van der Waals surface area contributed by atoms with Gasteiger partial charge < -0.3 is 4.74 Å². The van der Waals surface area contributed by atoms with Gasteiger partial charge in [0.2, 0.25) is 10.0 Å². The van der Waals surface area contributed by atoms with Crippen molar-refractivity contribution in [2.24, 2.45) is 10.1 Å². The zero-order chi connectivity index (χ0) is 19.9. The number of quaternary nitrogens is 1. The van der Waals surface area contributed by atoms with Crippen LogP contribution in [-0.4, -0.2) is 32.6 Å². The van der Waals surface area contributed by atoms with Crippen LogP contribution in [0.4, 0.5) is 18.9 Å². The number of hydrogen-bond donors (Lipinski definition) is 1. The lowest BCUT2D eigenvalue weighted by atomic mass is 10.2. The summed E-state index contributed by atoms with van der Waals surface area (Å²) in [7, 11) is -2.62. The average Bonchev–Trinajstić information content (AvgIpc) is 3.07. The summed E-state index contributed by atoms with van der Waals surface area (Å²) < 4.78 is 68.5. The molecule has 27 heavy (non-hydrogen) atoms. The maximum absolute atomic E-state index is 14.2. The second-order valence-corrected chi connectivity index (χ2v) is 7.12. The lowest BCUT2D eigenvalue weighted by Gasteiger charge is -2.32. The predicted octanol–water partition coefficient (Wildman–Crippen LogP) is 2.50. The van der Waals surface area contributed by atoms with Gasteiger partial charge in [-0.3, -0.25) is 0 Å². The Balaban J connectivity index is 2.15. The summed E-state index contributed by atoms with van der Waals surface area (Å²) in [5.74, 6) is 0.00132. The lowest BCUT2D eigenvalue weighted by Crippen LogP contribution is -2.58. The SMILES string of the molecule is COc1ccc(C2=NC=C[N+]2(c2ccc(S(N)(=O)=O)cc2)C(F)(F)F)nc1. The van der Waals surface area contributed by atoms with Crippen molar-refractivity contribution in [1.29, 1.82) is 0 Å². The second kappa shape index (κ2) is 6.44. The maximum atomic E-state index is 14.2. The van der Waals surface area contributed by atoms with Crippen molar-refractivity contribution in [1.82, 2.24) is 9.47 Å². The van der Waals surface area contributed by atoms with Crippen LogP contribution >= 0.6 is 0 Å². The molecular formula is C16H14F3N4O3S+. The lowest BCUT2D eigenvalue weighted by molar-refractivity contribution is -0.196. The molecule has 2 N–H and O–H groups in total. The number of nitrogens with zero attached hydrogens (tertiary/aromatic N) is 3. The average molecular weight is 399 g/mol. The largest absolute Gasteiger partial charge is 0.576 e. The molecular weight excluding hydrogens is 385 g/mol. The normalized spacial score (nSPS) is 19.8. The molecule has 0 bridgehead atoms. The molecule has 1 atom stereocenters. The number of benzene rings is 1. The minimum atomic E-state index is -4.81. The van der Waals surface area contributed by atoms with E-state index in [1.807, 2.05) is 0 Å². The van der Waals surface area contributed by atoms with Crippen LogP contribution in [0, 0.1) is 0 Å². The molecule has 0 radical (unpaired) electrons. The number of alkyl halides is 3. The molecule has 142 valence electrons. The van der Waals surface area contributed by atoms with Crippen LogP contribution in [0.5, 0.6) is 5.75 Å². The van der Waals surface area contributed by atoms with Crippen molar-refractivity contribution >= 4 is 21.5 Å². The Kier molecular flexibility index (Phi) is 4.54. The third-order valence-corrected chi connectivity index (χ3v) is 4.92. The highest BCUT2D eigenvalue weighted by atomic mass is 32.2. The second-order valence-electron chi connectivity index (χ2n) is 5.56. The number of aromatic nitrogens is 1. The minimum Gasteiger partial charge on any atom is -0.495 e. The van der Waals surface area contributed by atoms with Gasteiger partial charge in [-0.05, 0) is 24.3 Å². The fourth-order valence-corrected chi connectivity index (χ4v) is 3.19. The van der Waals surface area contributed by atoms with Gasteiger partial charge in [0, 0.05) is 12.1 Å². The van der Waals surface area contributed by atoms with Crippen LogP contribution < -0.4 is 14.4 Å². The third-order valence-electron chi connectivity index (χ3n) is 3.99. The van der Waals surface area contributed by atoms with E-state index in [0.29, 0.717) is 5.75 Å². The Labute approximate surface area is 152 Å². The number of rotatable bonds is 4. The zero-order valence-electron chi connectivity index (χ0n) is 13.9. The fraction of sp³-hybridized carbons (Fsp3) is 0.125. The van der Waals surface area contributed by atoms with Gasteiger partial charge in [-0.1, -0.05) is 0 Å². The first-order valence-electron chi connectivity index (χ1n) is 7.45. The first-order valence-corrected chi connectivity index (χ1v) is 9.00. The monoisotopic (exact) mass is 399 g/mol. The Morgan fingerprint density at radius 1 is 1.11 bits per heavy atom. The van der Waals surface area contributed by atoms with Crippen LogP contribution in [0.1, 0.15) is 5.69 Å².